The van der Waals surface area contributed by atoms with Crippen LogP contribution >= 0.6 is 39.1 Å². The van der Waals surface area contributed by atoms with E-state index in [2.05, 4.69) is 15.9 Å². The molecular formula is C13H14BrCl2NO4S. The van der Waals surface area contributed by atoms with Crippen LogP contribution in [0, 0.1) is 5.92 Å². The maximum absolute atomic E-state index is 12.7. The van der Waals surface area contributed by atoms with E-state index in [1.807, 2.05) is 0 Å². The Morgan fingerprint density at radius 3 is 2.68 bits per heavy atom. The summed E-state index contributed by atoms with van der Waals surface area (Å²) in [6, 6.07) is 2.84. The topological polar surface area (TPSA) is 74.7 Å². The highest BCUT2D eigenvalue weighted by Crippen LogP contribution is 2.35. The molecule has 1 aromatic carbocycles. The number of benzene rings is 1. The van der Waals surface area contributed by atoms with E-state index in [1.54, 1.807) is 0 Å². The standard InChI is InChI=1S/C13H14BrCl2NO4S/c14-6-9-10(15)3-4-11(12(9)16)22(20,21)17-5-1-2-8(7-17)13(18)19/h3-4,8H,1-2,5-7H2,(H,18,19)/t8-/m0/s1. The molecule has 1 fully saturated rings. The lowest BCUT2D eigenvalue weighted by Crippen LogP contribution is -2.42. The number of aliphatic carboxylic acids is 1. The van der Waals surface area contributed by atoms with Gasteiger partial charge in [0.1, 0.15) is 4.90 Å². The molecule has 1 heterocycles. The number of carbonyl (C=O) groups is 1. The Morgan fingerprint density at radius 1 is 1.41 bits per heavy atom. The summed E-state index contributed by atoms with van der Waals surface area (Å²) in [4.78, 5) is 11.1. The zero-order chi connectivity index (χ0) is 16.5. The van der Waals surface area contributed by atoms with Crippen molar-refractivity contribution in [3.05, 3.63) is 27.7 Å². The van der Waals surface area contributed by atoms with E-state index in [-0.39, 0.29) is 23.0 Å². The number of nitrogens with zero attached hydrogens (tertiary/aromatic N) is 1. The van der Waals surface area contributed by atoms with E-state index in [4.69, 9.17) is 28.3 Å². The smallest absolute Gasteiger partial charge is 0.307 e. The number of piperidine rings is 1. The average molecular weight is 431 g/mol. The molecule has 0 radical (unpaired) electrons. The Morgan fingerprint density at radius 2 is 2.09 bits per heavy atom. The first-order valence-electron chi connectivity index (χ1n) is 6.54. The highest BCUT2D eigenvalue weighted by atomic mass is 79.9. The third-order valence-electron chi connectivity index (χ3n) is 3.64. The third-order valence-corrected chi connectivity index (χ3v) is 7.00. The zero-order valence-corrected chi connectivity index (χ0v) is 15.3. The number of sulfonamides is 1. The van der Waals surface area contributed by atoms with Gasteiger partial charge in [0.05, 0.1) is 10.9 Å². The minimum absolute atomic E-state index is 0.0414. The van der Waals surface area contributed by atoms with Crippen molar-refractivity contribution in [2.24, 2.45) is 5.92 Å². The fourth-order valence-electron chi connectivity index (χ4n) is 2.40. The molecule has 1 aliphatic rings. The number of hydrogen-bond acceptors (Lipinski definition) is 3. The Labute approximate surface area is 147 Å². The lowest BCUT2D eigenvalue weighted by molar-refractivity contribution is -0.142. The Bertz CT molecular complexity index is 696. The lowest BCUT2D eigenvalue weighted by Gasteiger charge is -2.30. The van der Waals surface area contributed by atoms with Gasteiger partial charge in [-0.3, -0.25) is 4.79 Å². The van der Waals surface area contributed by atoms with Crippen molar-refractivity contribution in [1.29, 1.82) is 0 Å². The molecule has 0 amide bonds. The van der Waals surface area contributed by atoms with Gasteiger partial charge < -0.3 is 5.11 Å². The normalized spacial score (nSPS) is 20.0. The first-order valence-corrected chi connectivity index (χ1v) is 9.86. The summed E-state index contributed by atoms with van der Waals surface area (Å²) in [6.07, 6.45) is 0.981. The molecule has 1 saturated heterocycles. The van der Waals surface area contributed by atoms with Crippen molar-refractivity contribution in [3.8, 4) is 0 Å². The van der Waals surface area contributed by atoms with Crippen LogP contribution in [0.2, 0.25) is 10.0 Å². The van der Waals surface area contributed by atoms with Gasteiger partial charge in [-0.1, -0.05) is 39.1 Å². The second kappa shape index (κ2) is 7.05. The number of carboxylic acids is 1. The van der Waals surface area contributed by atoms with Gasteiger partial charge in [-0.2, -0.15) is 4.31 Å². The number of hydrogen-bond donors (Lipinski definition) is 1. The summed E-state index contributed by atoms with van der Waals surface area (Å²) in [6.45, 7) is 0.245. The first kappa shape index (κ1) is 18.0. The third kappa shape index (κ3) is 3.43. The minimum atomic E-state index is -3.85. The Balaban J connectivity index is 2.41. The van der Waals surface area contributed by atoms with Crippen LogP contribution in [0.5, 0.6) is 0 Å². The summed E-state index contributed by atoms with van der Waals surface area (Å²) >= 11 is 15.4. The second-order valence-corrected chi connectivity index (χ2v) is 8.26. The predicted octanol–water partition coefficient (Wildman–Crippen LogP) is 3.37. The monoisotopic (exact) mass is 429 g/mol. The van der Waals surface area contributed by atoms with E-state index in [0.29, 0.717) is 28.8 Å². The lowest BCUT2D eigenvalue weighted by atomic mass is 10.0. The van der Waals surface area contributed by atoms with Crippen LogP contribution in [0.4, 0.5) is 0 Å². The maximum atomic E-state index is 12.7. The average Bonchev–Trinajstić information content (AvgIpc) is 2.47. The van der Waals surface area contributed by atoms with Gasteiger partial charge in [0.15, 0.2) is 0 Å². The fourth-order valence-corrected chi connectivity index (χ4v) is 5.71. The largest absolute Gasteiger partial charge is 0.481 e. The fraction of sp³-hybridized carbons (Fsp3) is 0.462. The first-order chi connectivity index (χ1) is 10.3. The van der Waals surface area contributed by atoms with Gasteiger partial charge in [0, 0.05) is 29.0 Å². The molecule has 0 bridgehead atoms. The molecule has 1 aliphatic heterocycles. The van der Waals surface area contributed by atoms with Crippen molar-refractivity contribution < 1.29 is 18.3 Å². The second-order valence-electron chi connectivity index (χ2n) is 5.01. The van der Waals surface area contributed by atoms with E-state index >= 15 is 0 Å². The molecule has 1 aromatic rings. The molecule has 0 spiro atoms. The molecule has 0 saturated carbocycles. The summed E-state index contributed by atoms with van der Waals surface area (Å²) < 4.78 is 26.7. The van der Waals surface area contributed by atoms with E-state index in [1.165, 1.54) is 16.4 Å². The number of rotatable bonds is 4. The number of halogens is 3. The predicted molar refractivity (Wildman–Crippen MR) is 88.2 cm³/mol. The molecule has 0 aromatic heterocycles. The van der Waals surface area contributed by atoms with Crippen molar-refractivity contribution in [1.82, 2.24) is 4.31 Å². The van der Waals surface area contributed by atoms with E-state index < -0.39 is 21.9 Å². The van der Waals surface area contributed by atoms with Crippen LogP contribution in [-0.4, -0.2) is 36.9 Å². The minimum Gasteiger partial charge on any atom is -0.481 e. The quantitative estimate of drug-likeness (QED) is 0.743. The van der Waals surface area contributed by atoms with Crippen LogP contribution < -0.4 is 0 Å². The molecular weight excluding hydrogens is 417 g/mol. The van der Waals surface area contributed by atoms with Crippen molar-refractivity contribution in [2.45, 2.75) is 23.1 Å². The highest BCUT2D eigenvalue weighted by Gasteiger charge is 2.34. The van der Waals surface area contributed by atoms with E-state index in [0.717, 1.165) is 0 Å². The van der Waals surface area contributed by atoms with Crippen molar-refractivity contribution in [2.75, 3.05) is 13.1 Å². The molecule has 0 unspecified atom stereocenters. The van der Waals surface area contributed by atoms with Gasteiger partial charge in [0.25, 0.3) is 0 Å². The van der Waals surface area contributed by atoms with Crippen LogP contribution in [0.3, 0.4) is 0 Å². The van der Waals surface area contributed by atoms with Gasteiger partial charge >= 0.3 is 5.97 Å². The van der Waals surface area contributed by atoms with Crippen LogP contribution in [0.15, 0.2) is 17.0 Å². The number of alkyl halides is 1. The Hall–Kier alpha value is -0.340. The molecule has 2 rings (SSSR count). The van der Waals surface area contributed by atoms with Crippen LogP contribution in [0.25, 0.3) is 0 Å². The maximum Gasteiger partial charge on any atom is 0.307 e. The zero-order valence-electron chi connectivity index (χ0n) is 11.4. The molecule has 1 N–H and O–H groups in total. The summed E-state index contributed by atoms with van der Waals surface area (Å²) in [5.41, 5.74) is 0.496. The Kier molecular flexibility index (Phi) is 5.77. The molecule has 0 aliphatic carbocycles. The van der Waals surface area contributed by atoms with Gasteiger partial charge in [-0.25, -0.2) is 8.42 Å². The van der Waals surface area contributed by atoms with Crippen molar-refractivity contribution in [3.63, 3.8) is 0 Å². The number of carboxylic acid groups (broad SMARTS) is 1. The molecule has 1 atom stereocenters. The molecule has 9 heteroatoms. The molecule has 122 valence electrons. The molecule has 5 nitrogen and oxygen atoms in total. The van der Waals surface area contributed by atoms with Crippen LogP contribution in [0.1, 0.15) is 18.4 Å². The SMILES string of the molecule is O=C(O)[C@H]1CCCN(S(=O)(=O)c2ccc(Cl)c(CBr)c2Cl)C1. The van der Waals surface area contributed by atoms with Gasteiger partial charge in [0.2, 0.25) is 10.0 Å². The summed E-state index contributed by atoms with van der Waals surface area (Å²) in [7, 11) is -3.85. The molecule has 22 heavy (non-hydrogen) atoms. The van der Waals surface area contributed by atoms with E-state index in [9.17, 15) is 13.2 Å². The van der Waals surface area contributed by atoms with Gasteiger partial charge in [-0.15, -0.1) is 0 Å². The van der Waals surface area contributed by atoms with Crippen LogP contribution in [-0.2, 0) is 20.1 Å². The summed E-state index contributed by atoms with van der Waals surface area (Å²) in [5.74, 6) is -1.67. The summed E-state index contributed by atoms with van der Waals surface area (Å²) in [5, 5.41) is 9.87. The van der Waals surface area contributed by atoms with Gasteiger partial charge in [-0.05, 0) is 25.0 Å². The highest BCUT2D eigenvalue weighted by molar-refractivity contribution is 9.08. The van der Waals surface area contributed by atoms with Crippen molar-refractivity contribution >= 4 is 55.1 Å².